The normalized spacial score (nSPS) is 39.4. The fraction of sp³-hybridized carbons (Fsp3) is 0.829. The Hall–Kier alpha value is -1.12. The van der Waals surface area contributed by atoms with Gasteiger partial charge in [-0.15, -0.1) is 0 Å². The summed E-state index contributed by atoms with van der Waals surface area (Å²) in [7, 11) is -3.86. The lowest BCUT2D eigenvalue weighted by Crippen LogP contribution is -2.54. The molecule has 3 aliphatic rings. The van der Waals surface area contributed by atoms with E-state index in [1.165, 1.54) is 6.92 Å². The molecule has 1 aromatic carbocycles. The van der Waals surface area contributed by atoms with Gasteiger partial charge in [-0.1, -0.05) is 66.7 Å². The van der Waals surface area contributed by atoms with Crippen molar-refractivity contribution in [1.29, 1.82) is 0 Å². The fourth-order valence-electron chi connectivity index (χ4n) is 9.73. The minimum atomic E-state index is -4.73. The number of alkyl halides is 3. The first-order valence-corrected chi connectivity index (χ1v) is 18.0. The number of aliphatic hydroxyl groups is 2. The zero-order valence-electron chi connectivity index (χ0n) is 27.3. The first-order chi connectivity index (χ1) is 19.7. The van der Waals surface area contributed by atoms with Crippen LogP contribution in [0.1, 0.15) is 113 Å². The van der Waals surface area contributed by atoms with Crippen LogP contribution in [0.25, 0.3) is 0 Å². The second-order valence-corrected chi connectivity index (χ2v) is 18.3. The zero-order chi connectivity index (χ0) is 32.2. The molecule has 0 heterocycles. The van der Waals surface area contributed by atoms with E-state index in [4.69, 9.17) is 0 Å². The van der Waals surface area contributed by atoms with Crippen LogP contribution in [0.4, 0.5) is 13.2 Å². The van der Waals surface area contributed by atoms with E-state index in [2.05, 4.69) is 20.8 Å². The molecule has 0 aliphatic heterocycles. The van der Waals surface area contributed by atoms with Gasteiger partial charge in [0.15, 0.2) is 15.4 Å². The van der Waals surface area contributed by atoms with Crippen molar-refractivity contribution in [3.8, 4) is 0 Å². The van der Waals surface area contributed by atoms with Crippen molar-refractivity contribution < 1.29 is 31.8 Å². The van der Waals surface area contributed by atoms with Crippen LogP contribution in [0.3, 0.4) is 0 Å². The standard InChI is InChI=1S/C35H55F3O4S/c1-23-21-24(2)34(40,35(36,37)38)20-19-32(7)28(23)13-14-29(32)25(3)30(43(41,42)27-11-9-8-10-12-27)22-33(39)17-15-26(16-18-33)31(4,5)6/h8-12,23-26,28-30,39-40H,13-22H2,1-7H3/t23-,24?,25-,26?,28-,29+,30?,32-,33?,34-/m0/s1. The van der Waals surface area contributed by atoms with Crippen molar-refractivity contribution >= 4 is 9.84 Å². The van der Waals surface area contributed by atoms with E-state index in [0.717, 1.165) is 25.7 Å². The fourth-order valence-corrected chi connectivity index (χ4v) is 11.9. The van der Waals surface area contributed by atoms with E-state index in [0.29, 0.717) is 18.8 Å². The van der Waals surface area contributed by atoms with Gasteiger partial charge in [-0.2, -0.15) is 13.2 Å². The summed E-state index contributed by atoms with van der Waals surface area (Å²) in [6, 6.07) is 8.41. The molecule has 2 unspecified atom stereocenters. The Labute approximate surface area is 258 Å². The van der Waals surface area contributed by atoms with E-state index in [1.807, 2.05) is 20.8 Å². The second-order valence-electron chi connectivity index (χ2n) is 16.2. The number of sulfone groups is 1. The van der Waals surface area contributed by atoms with Crippen LogP contribution in [0.5, 0.6) is 0 Å². The van der Waals surface area contributed by atoms with Crippen molar-refractivity contribution in [2.75, 3.05) is 0 Å². The second kappa shape index (κ2) is 11.9. The van der Waals surface area contributed by atoms with Gasteiger partial charge in [0.05, 0.1) is 15.7 Å². The highest BCUT2D eigenvalue weighted by molar-refractivity contribution is 7.92. The summed E-state index contributed by atoms with van der Waals surface area (Å²) in [5.41, 5.74) is -4.32. The molecule has 246 valence electrons. The van der Waals surface area contributed by atoms with Crippen LogP contribution in [-0.2, 0) is 9.84 Å². The molecule has 3 aliphatic carbocycles. The third kappa shape index (κ3) is 6.58. The molecule has 1 aromatic rings. The molecule has 0 amide bonds. The SMILES string of the molecule is CC1C[C@H](C)[C@@H]2CC[C@H]([C@H](C)C(CC3(O)CCC(C(C)(C)C)CC3)S(=O)(=O)c3ccccc3)[C@@]2(C)CC[C@@]1(O)C(F)(F)F. The number of benzene rings is 1. The average Bonchev–Trinajstić information content (AvgIpc) is 3.25. The molecule has 0 aromatic heterocycles. The quantitative estimate of drug-likeness (QED) is 0.331. The molecule has 4 nitrogen and oxygen atoms in total. The van der Waals surface area contributed by atoms with Gasteiger partial charge in [-0.05, 0) is 123 Å². The van der Waals surface area contributed by atoms with Gasteiger partial charge < -0.3 is 10.2 Å². The Balaban J connectivity index is 1.70. The topological polar surface area (TPSA) is 74.6 Å². The third-order valence-electron chi connectivity index (χ3n) is 12.7. The molecular weight excluding hydrogens is 573 g/mol. The zero-order valence-corrected chi connectivity index (χ0v) is 28.1. The maximum atomic E-state index is 14.4. The first-order valence-electron chi connectivity index (χ1n) is 16.5. The molecule has 4 rings (SSSR count). The number of hydrogen-bond acceptors (Lipinski definition) is 4. The highest BCUT2D eigenvalue weighted by atomic mass is 32.2. The van der Waals surface area contributed by atoms with Gasteiger partial charge in [-0.3, -0.25) is 0 Å². The molecule has 8 atom stereocenters. The van der Waals surface area contributed by atoms with Crippen LogP contribution in [0.2, 0.25) is 0 Å². The Bertz CT molecular complexity index is 1200. The Morgan fingerprint density at radius 1 is 0.930 bits per heavy atom. The number of hydrogen-bond donors (Lipinski definition) is 2. The Kier molecular flexibility index (Phi) is 9.63. The van der Waals surface area contributed by atoms with Gasteiger partial charge in [-0.25, -0.2) is 8.42 Å². The monoisotopic (exact) mass is 628 g/mol. The van der Waals surface area contributed by atoms with E-state index in [9.17, 15) is 31.8 Å². The summed E-state index contributed by atoms with van der Waals surface area (Å²) in [5.74, 6) is -0.878. The van der Waals surface area contributed by atoms with E-state index >= 15 is 0 Å². The lowest BCUT2D eigenvalue weighted by Gasteiger charge is -2.50. The molecule has 0 bridgehead atoms. The third-order valence-corrected chi connectivity index (χ3v) is 15.0. The molecule has 0 saturated heterocycles. The van der Waals surface area contributed by atoms with E-state index in [1.54, 1.807) is 30.3 Å². The largest absolute Gasteiger partial charge is 0.417 e. The summed E-state index contributed by atoms with van der Waals surface area (Å²) in [6.45, 7) is 14.1. The lowest BCUT2D eigenvalue weighted by molar-refractivity contribution is -0.287. The maximum absolute atomic E-state index is 14.4. The lowest BCUT2D eigenvalue weighted by atomic mass is 9.58. The van der Waals surface area contributed by atoms with Gasteiger partial charge in [0, 0.05) is 0 Å². The van der Waals surface area contributed by atoms with Crippen LogP contribution in [0.15, 0.2) is 35.2 Å². The van der Waals surface area contributed by atoms with Gasteiger partial charge in [0.1, 0.15) is 0 Å². The van der Waals surface area contributed by atoms with Crippen molar-refractivity contribution in [1.82, 2.24) is 0 Å². The molecule has 3 saturated carbocycles. The van der Waals surface area contributed by atoms with Crippen molar-refractivity contribution in [2.24, 2.45) is 46.3 Å². The minimum absolute atomic E-state index is 0.0348. The summed E-state index contributed by atoms with van der Waals surface area (Å²) >= 11 is 0. The molecule has 2 N–H and O–H groups in total. The average molecular weight is 629 g/mol. The number of fused-ring (bicyclic) bond motifs is 1. The Morgan fingerprint density at radius 3 is 2.05 bits per heavy atom. The summed E-state index contributed by atoms with van der Waals surface area (Å²) in [4.78, 5) is 0.227. The molecular formula is C35H55F3O4S. The van der Waals surface area contributed by atoms with Crippen LogP contribution >= 0.6 is 0 Å². The molecule has 0 radical (unpaired) electrons. The minimum Gasteiger partial charge on any atom is -0.390 e. The molecule has 0 spiro atoms. The summed E-state index contributed by atoms with van der Waals surface area (Å²) < 4.78 is 71.6. The van der Waals surface area contributed by atoms with Crippen molar-refractivity contribution in [2.45, 2.75) is 140 Å². The van der Waals surface area contributed by atoms with E-state index < -0.39 is 43.8 Å². The summed E-state index contributed by atoms with van der Waals surface area (Å²) in [5, 5.41) is 22.1. The molecule has 43 heavy (non-hydrogen) atoms. The number of rotatable bonds is 6. The van der Waals surface area contributed by atoms with Crippen LogP contribution in [-0.4, -0.2) is 41.3 Å². The predicted octanol–water partition coefficient (Wildman–Crippen LogP) is 8.60. The van der Waals surface area contributed by atoms with Gasteiger partial charge in [0.2, 0.25) is 0 Å². The molecule has 8 heteroatoms. The highest BCUT2D eigenvalue weighted by Crippen LogP contribution is 2.61. The maximum Gasteiger partial charge on any atom is 0.417 e. The first kappa shape index (κ1) is 34.7. The van der Waals surface area contributed by atoms with Gasteiger partial charge >= 0.3 is 6.18 Å². The number of halogens is 3. The molecule has 3 fully saturated rings. The van der Waals surface area contributed by atoms with Gasteiger partial charge in [0.25, 0.3) is 0 Å². The Morgan fingerprint density at radius 2 is 1.51 bits per heavy atom. The summed E-state index contributed by atoms with van der Waals surface area (Å²) in [6.07, 6.45) is -0.206. The van der Waals surface area contributed by atoms with Crippen molar-refractivity contribution in [3.63, 3.8) is 0 Å². The van der Waals surface area contributed by atoms with Crippen LogP contribution in [0, 0.1) is 46.3 Å². The van der Waals surface area contributed by atoms with Crippen molar-refractivity contribution in [3.05, 3.63) is 30.3 Å². The highest BCUT2D eigenvalue weighted by Gasteiger charge is 2.62. The van der Waals surface area contributed by atoms with Crippen LogP contribution < -0.4 is 0 Å². The predicted molar refractivity (Wildman–Crippen MR) is 165 cm³/mol. The van der Waals surface area contributed by atoms with E-state index in [-0.39, 0.29) is 59.7 Å². The smallest absolute Gasteiger partial charge is 0.390 e.